The third-order valence-electron chi connectivity index (χ3n) is 2.66. The Bertz CT molecular complexity index is 361. The molecule has 0 heterocycles. The van der Waals surface area contributed by atoms with Crippen molar-refractivity contribution in [3.63, 3.8) is 0 Å². The maximum absolute atomic E-state index is 8.53. The number of rotatable bonds is 10. The van der Waals surface area contributed by atoms with Gasteiger partial charge in [0.25, 0.3) is 0 Å². The summed E-state index contributed by atoms with van der Waals surface area (Å²) in [5.74, 6) is 12.1. The molecule has 0 spiro atoms. The quantitative estimate of drug-likeness (QED) is 0.346. The summed E-state index contributed by atoms with van der Waals surface area (Å²) in [6, 6.07) is 2.15. The van der Waals surface area contributed by atoms with Crippen LogP contribution in [0.15, 0.2) is 0 Å². The largest absolute Gasteiger partial charge is 0.340 e. The van der Waals surface area contributed by atoms with Crippen molar-refractivity contribution in [1.29, 1.82) is 5.26 Å². The van der Waals surface area contributed by atoms with Gasteiger partial charge in [-0.05, 0) is 32.1 Å². The van der Waals surface area contributed by atoms with E-state index in [0.717, 1.165) is 44.9 Å². The molecule has 0 aliphatic carbocycles. The molecule has 0 rings (SSSR count). The van der Waals surface area contributed by atoms with Crippen molar-refractivity contribution < 1.29 is 9.47 Å². The van der Waals surface area contributed by atoms with Gasteiger partial charge in [0.1, 0.15) is 13.2 Å². The van der Waals surface area contributed by atoms with Crippen LogP contribution in [0.3, 0.4) is 0 Å². The zero-order valence-electron chi connectivity index (χ0n) is 13.4. The van der Waals surface area contributed by atoms with Gasteiger partial charge in [-0.1, -0.05) is 25.7 Å². The summed E-state index contributed by atoms with van der Waals surface area (Å²) >= 11 is 0. The van der Waals surface area contributed by atoms with E-state index in [0.29, 0.717) is 19.6 Å². The summed E-state index contributed by atoms with van der Waals surface area (Å²) in [5.41, 5.74) is 0. The van der Waals surface area contributed by atoms with Crippen LogP contribution in [0.5, 0.6) is 0 Å². The van der Waals surface area contributed by atoms with Gasteiger partial charge in [0, 0.05) is 19.3 Å². The van der Waals surface area contributed by atoms with E-state index in [-0.39, 0.29) is 6.29 Å². The standard InChI is InChI=1S/C18H27NO2/c1-3-5-7-12-16-20-18(14-10-9-11-15-19)21-17-13-8-6-4-2/h18H,3-6,9-11,14,16-17H2,1-2H3. The average molecular weight is 289 g/mol. The fourth-order valence-corrected chi connectivity index (χ4v) is 1.53. The first kappa shape index (κ1) is 19.5. The topological polar surface area (TPSA) is 42.2 Å². The zero-order valence-corrected chi connectivity index (χ0v) is 13.4. The molecule has 0 N–H and O–H groups in total. The fraction of sp³-hybridized carbons (Fsp3) is 0.722. The summed E-state index contributed by atoms with van der Waals surface area (Å²) in [4.78, 5) is 0. The van der Waals surface area contributed by atoms with E-state index in [1.54, 1.807) is 0 Å². The SMILES string of the molecule is CCCC#CCOC(CCCCC#N)OCC#CCCC. The highest BCUT2D eigenvalue weighted by molar-refractivity contribution is 4.99. The predicted octanol–water partition coefficient (Wildman–Crippen LogP) is 4.04. The van der Waals surface area contributed by atoms with Gasteiger partial charge in [0.2, 0.25) is 0 Å². The van der Waals surface area contributed by atoms with Crippen LogP contribution in [0.4, 0.5) is 0 Å². The van der Waals surface area contributed by atoms with Gasteiger partial charge >= 0.3 is 0 Å². The summed E-state index contributed by atoms with van der Waals surface area (Å²) in [5, 5.41) is 8.53. The third kappa shape index (κ3) is 14.7. The van der Waals surface area contributed by atoms with Crippen LogP contribution in [0.1, 0.15) is 65.2 Å². The van der Waals surface area contributed by atoms with Crippen LogP contribution in [0.2, 0.25) is 0 Å². The van der Waals surface area contributed by atoms with Crippen LogP contribution in [-0.4, -0.2) is 19.5 Å². The third-order valence-corrected chi connectivity index (χ3v) is 2.66. The van der Waals surface area contributed by atoms with E-state index in [1.165, 1.54) is 0 Å². The Labute approximate surface area is 130 Å². The molecule has 0 saturated carbocycles. The second-order valence-corrected chi connectivity index (χ2v) is 4.66. The van der Waals surface area contributed by atoms with Crippen molar-refractivity contribution in [2.75, 3.05) is 13.2 Å². The first-order valence-electron chi connectivity index (χ1n) is 7.86. The maximum Gasteiger partial charge on any atom is 0.160 e. The van der Waals surface area contributed by atoms with Gasteiger partial charge in [-0.25, -0.2) is 0 Å². The number of ether oxygens (including phenoxy) is 2. The molecule has 0 aromatic carbocycles. The van der Waals surface area contributed by atoms with Gasteiger partial charge in [-0.3, -0.25) is 0 Å². The minimum atomic E-state index is -0.268. The molecule has 116 valence electrons. The molecule has 3 heteroatoms. The minimum absolute atomic E-state index is 0.268. The second kappa shape index (κ2) is 16.6. The lowest BCUT2D eigenvalue weighted by Crippen LogP contribution is -2.18. The molecule has 0 aliphatic heterocycles. The molecule has 0 amide bonds. The van der Waals surface area contributed by atoms with E-state index >= 15 is 0 Å². The number of nitrogens with zero attached hydrogens (tertiary/aromatic N) is 1. The van der Waals surface area contributed by atoms with Gasteiger partial charge in [0.05, 0.1) is 6.07 Å². The predicted molar refractivity (Wildman–Crippen MR) is 85.1 cm³/mol. The lowest BCUT2D eigenvalue weighted by atomic mass is 10.2. The van der Waals surface area contributed by atoms with Gasteiger partial charge in [-0.2, -0.15) is 5.26 Å². The van der Waals surface area contributed by atoms with Crippen molar-refractivity contribution in [2.24, 2.45) is 0 Å². The molecular weight excluding hydrogens is 262 g/mol. The second-order valence-electron chi connectivity index (χ2n) is 4.66. The normalized spacial score (nSPS) is 9.43. The lowest BCUT2D eigenvalue weighted by Gasteiger charge is -2.15. The average Bonchev–Trinajstić information content (AvgIpc) is 2.50. The monoisotopic (exact) mass is 289 g/mol. The van der Waals surface area contributed by atoms with E-state index in [4.69, 9.17) is 14.7 Å². The molecule has 0 radical (unpaired) electrons. The van der Waals surface area contributed by atoms with Crippen LogP contribution < -0.4 is 0 Å². The summed E-state index contributed by atoms with van der Waals surface area (Å²) in [6.07, 6.45) is 6.83. The zero-order chi connectivity index (χ0) is 15.6. The molecule has 21 heavy (non-hydrogen) atoms. The Morgan fingerprint density at radius 2 is 1.38 bits per heavy atom. The van der Waals surface area contributed by atoms with Crippen molar-refractivity contribution >= 4 is 0 Å². The minimum Gasteiger partial charge on any atom is -0.340 e. The Hall–Kier alpha value is -1.47. The molecule has 0 aliphatic rings. The number of nitriles is 1. The molecule has 3 nitrogen and oxygen atoms in total. The number of hydrogen-bond donors (Lipinski definition) is 0. The smallest absolute Gasteiger partial charge is 0.160 e. The highest BCUT2D eigenvalue weighted by Crippen LogP contribution is 2.08. The first-order chi connectivity index (χ1) is 10.3. The Morgan fingerprint density at radius 3 is 1.86 bits per heavy atom. The van der Waals surface area contributed by atoms with Crippen LogP contribution in [0.25, 0.3) is 0 Å². The van der Waals surface area contributed by atoms with Crippen LogP contribution in [-0.2, 0) is 9.47 Å². The van der Waals surface area contributed by atoms with Crippen molar-refractivity contribution in [2.45, 2.75) is 71.5 Å². The molecule has 0 aromatic rings. The lowest BCUT2D eigenvalue weighted by molar-refractivity contribution is -0.128. The van der Waals surface area contributed by atoms with Gasteiger partial charge in [0.15, 0.2) is 6.29 Å². The van der Waals surface area contributed by atoms with E-state index in [2.05, 4.69) is 43.6 Å². The molecular formula is C18H27NO2. The summed E-state index contributed by atoms with van der Waals surface area (Å²) in [6.45, 7) is 4.99. The molecule has 0 atom stereocenters. The summed E-state index contributed by atoms with van der Waals surface area (Å²) in [7, 11) is 0. The van der Waals surface area contributed by atoms with E-state index in [9.17, 15) is 0 Å². The van der Waals surface area contributed by atoms with Crippen molar-refractivity contribution in [3.8, 4) is 29.8 Å². The summed E-state index contributed by atoms with van der Waals surface area (Å²) < 4.78 is 11.3. The van der Waals surface area contributed by atoms with Gasteiger partial charge < -0.3 is 9.47 Å². The molecule has 0 fully saturated rings. The number of hydrogen-bond acceptors (Lipinski definition) is 3. The molecule has 0 aromatic heterocycles. The Morgan fingerprint density at radius 1 is 0.810 bits per heavy atom. The van der Waals surface area contributed by atoms with Crippen LogP contribution in [0, 0.1) is 35.0 Å². The maximum atomic E-state index is 8.53. The highest BCUT2D eigenvalue weighted by Gasteiger charge is 2.07. The molecule has 0 unspecified atom stereocenters. The molecule has 0 saturated heterocycles. The van der Waals surface area contributed by atoms with Crippen LogP contribution >= 0.6 is 0 Å². The fourth-order valence-electron chi connectivity index (χ4n) is 1.53. The Kier molecular flexibility index (Phi) is 15.4. The first-order valence-corrected chi connectivity index (χ1v) is 7.86. The van der Waals surface area contributed by atoms with Gasteiger partial charge in [-0.15, -0.1) is 11.8 Å². The van der Waals surface area contributed by atoms with Crippen molar-refractivity contribution in [1.82, 2.24) is 0 Å². The highest BCUT2D eigenvalue weighted by atomic mass is 16.7. The Balaban J connectivity index is 4.00. The van der Waals surface area contributed by atoms with E-state index < -0.39 is 0 Å². The van der Waals surface area contributed by atoms with E-state index in [1.807, 2.05) is 0 Å². The number of unbranched alkanes of at least 4 members (excludes halogenated alkanes) is 4. The van der Waals surface area contributed by atoms with Crippen molar-refractivity contribution in [3.05, 3.63) is 0 Å². The molecule has 0 bridgehead atoms.